The number of rotatable bonds is 5. The van der Waals surface area contributed by atoms with Gasteiger partial charge in [0, 0.05) is 44.0 Å². The lowest BCUT2D eigenvalue weighted by Crippen LogP contribution is -2.42. The molecule has 1 aliphatic heterocycles. The molecule has 0 saturated carbocycles. The van der Waals surface area contributed by atoms with E-state index < -0.39 is 11.7 Å². The van der Waals surface area contributed by atoms with E-state index >= 15 is 4.39 Å². The minimum absolute atomic E-state index is 0.128. The topological polar surface area (TPSA) is 116 Å². The number of hydrogen-bond donors (Lipinski definition) is 2. The molecule has 1 aliphatic rings. The summed E-state index contributed by atoms with van der Waals surface area (Å²) in [7, 11) is 1.76. The molecule has 4 heterocycles. The fourth-order valence-corrected chi connectivity index (χ4v) is 4.78. The Kier molecular flexibility index (Phi) is 5.82. The second-order valence-corrected chi connectivity index (χ2v) is 8.77. The zero-order chi connectivity index (χ0) is 24.7. The van der Waals surface area contributed by atoms with Crippen molar-refractivity contribution < 1.29 is 9.18 Å². The normalized spacial score (nSPS) is 14.5. The van der Waals surface area contributed by atoms with Gasteiger partial charge in [0.1, 0.15) is 23.0 Å². The Morgan fingerprint density at radius 1 is 1.26 bits per heavy atom. The van der Waals surface area contributed by atoms with Crippen LogP contribution in [0.15, 0.2) is 24.7 Å². The first-order chi connectivity index (χ1) is 16.9. The van der Waals surface area contributed by atoms with E-state index in [-0.39, 0.29) is 17.1 Å². The molecule has 180 valence electrons. The molecule has 0 bridgehead atoms. The molecule has 11 heteroatoms. The van der Waals surface area contributed by atoms with Gasteiger partial charge in [-0.3, -0.25) is 9.48 Å². The SMILES string of the molecule is CCNC1CCN(c2cc(F)c(C(=O)Nc3cn4cc(C#N)nc(C)c4n3)c3nn(C)cc23)CC1. The van der Waals surface area contributed by atoms with E-state index in [1.165, 1.54) is 12.3 Å². The molecule has 0 unspecified atom stereocenters. The highest BCUT2D eigenvalue weighted by Crippen LogP contribution is 2.33. The number of nitrogens with one attached hydrogen (secondary N) is 2. The number of nitrogens with zero attached hydrogens (tertiary/aromatic N) is 7. The molecule has 2 N–H and O–H groups in total. The van der Waals surface area contributed by atoms with Gasteiger partial charge in [-0.25, -0.2) is 14.4 Å². The standard InChI is InChI=1S/C24H26FN9O/c1-4-27-15-5-7-33(8-6-15)19-9-18(25)21(22-17(19)12-32(3)31-22)24(35)30-20-13-34-11-16(10-26)28-14(2)23(34)29-20/h9,11-13,15,27H,4-8H2,1-3H3,(H,30,35). The lowest BCUT2D eigenvalue weighted by atomic mass is 10.0. The maximum atomic E-state index is 15.4. The number of hydrogen-bond acceptors (Lipinski definition) is 7. The Hall–Kier alpha value is -4.04. The molecule has 4 aromatic rings. The zero-order valence-electron chi connectivity index (χ0n) is 19.8. The van der Waals surface area contributed by atoms with Crippen LogP contribution in [-0.2, 0) is 7.05 Å². The van der Waals surface area contributed by atoms with E-state index in [4.69, 9.17) is 5.26 Å². The molecule has 1 saturated heterocycles. The van der Waals surface area contributed by atoms with Crippen LogP contribution in [0.2, 0.25) is 0 Å². The lowest BCUT2D eigenvalue weighted by Gasteiger charge is -2.34. The fourth-order valence-electron chi connectivity index (χ4n) is 4.78. The van der Waals surface area contributed by atoms with Gasteiger partial charge < -0.3 is 19.9 Å². The van der Waals surface area contributed by atoms with Crippen molar-refractivity contribution in [3.63, 3.8) is 0 Å². The van der Waals surface area contributed by atoms with Crippen molar-refractivity contribution in [1.29, 1.82) is 5.26 Å². The van der Waals surface area contributed by atoms with Gasteiger partial charge in [-0.05, 0) is 32.4 Å². The Morgan fingerprint density at radius 3 is 2.74 bits per heavy atom. The average molecular weight is 476 g/mol. The van der Waals surface area contributed by atoms with Gasteiger partial charge in [-0.15, -0.1) is 0 Å². The van der Waals surface area contributed by atoms with E-state index in [1.54, 1.807) is 29.3 Å². The summed E-state index contributed by atoms with van der Waals surface area (Å²) in [4.78, 5) is 23.9. The third-order valence-electron chi connectivity index (χ3n) is 6.36. The highest BCUT2D eigenvalue weighted by atomic mass is 19.1. The summed E-state index contributed by atoms with van der Waals surface area (Å²) in [6, 6.07) is 3.89. The predicted molar refractivity (Wildman–Crippen MR) is 130 cm³/mol. The van der Waals surface area contributed by atoms with Crippen molar-refractivity contribution in [2.45, 2.75) is 32.7 Å². The van der Waals surface area contributed by atoms with Crippen molar-refractivity contribution >= 4 is 34.0 Å². The van der Waals surface area contributed by atoms with E-state index in [0.717, 1.165) is 43.5 Å². The molecule has 5 rings (SSSR count). The van der Waals surface area contributed by atoms with Crippen molar-refractivity contribution in [2.75, 3.05) is 29.9 Å². The number of anilines is 2. The molecule has 1 amide bonds. The third-order valence-corrected chi connectivity index (χ3v) is 6.36. The van der Waals surface area contributed by atoms with Gasteiger partial charge >= 0.3 is 0 Å². The Morgan fingerprint density at radius 2 is 2.03 bits per heavy atom. The summed E-state index contributed by atoms with van der Waals surface area (Å²) in [6.45, 7) is 6.35. The van der Waals surface area contributed by atoms with Crippen LogP contribution in [0.3, 0.4) is 0 Å². The van der Waals surface area contributed by atoms with Crippen LogP contribution >= 0.6 is 0 Å². The van der Waals surface area contributed by atoms with Crippen LogP contribution in [0.25, 0.3) is 16.6 Å². The number of fused-ring (bicyclic) bond motifs is 2. The summed E-state index contributed by atoms with van der Waals surface area (Å²) in [6.07, 6.45) is 6.85. The lowest BCUT2D eigenvalue weighted by molar-refractivity contribution is 0.102. The average Bonchev–Trinajstić information content (AvgIpc) is 3.42. The van der Waals surface area contributed by atoms with Gasteiger partial charge in [0.05, 0.1) is 17.6 Å². The quantitative estimate of drug-likeness (QED) is 0.456. The Bertz CT molecular complexity index is 1470. The van der Waals surface area contributed by atoms with Crippen molar-refractivity contribution in [1.82, 2.24) is 29.5 Å². The van der Waals surface area contributed by atoms with Gasteiger partial charge in [-0.2, -0.15) is 10.4 Å². The fraction of sp³-hybridized carbons (Fsp3) is 0.375. The smallest absolute Gasteiger partial charge is 0.262 e. The second kappa shape index (κ2) is 8.96. The number of halogens is 1. The number of piperidine rings is 1. The molecule has 35 heavy (non-hydrogen) atoms. The van der Waals surface area contributed by atoms with Crippen molar-refractivity contribution in [3.8, 4) is 6.07 Å². The molecule has 0 spiro atoms. The van der Waals surface area contributed by atoms with Gasteiger partial charge in [0.25, 0.3) is 5.91 Å². The number of imidazole rings is 1. The molecule has 3 aromatic heterocycles. The molecule has 0 radical (unpaired) electrons. The summed E-state index contributed by atoms with van der Waals surface area (Å²) in [5.41, 5.74) is 2.20. The van der Waals surface area contributed by atoms with E-state index in [1.807, 2.05) is 12.3 Å². The van der Waals surface area contributed by atoms with Crippen LogP contribution in [0.4, 0.5) is 15.9 Å². The Balaban J connectivity index is 1.47. The number of aromatic nitrogens is 5. The monoisotopic (exact) mass is 475 g/mol. The maximum Gasteiger partial charge on any atom is 0.262 e. The summed E-state index contributed by atoms with van der Waals surface area (Å²) >= 11 is 0. The number of carbonyl (C=O) groups excluding carboxylic acids is 1. The van der Waals surface area contributed by atoms with Crippen LogP contribution in [0, 0.1) is 24.1 Å². The van der Waals surface area contributed by atoms with Gasteiger partial charge in [-0.1, -0.05) is 6.92 Å². The molecule has 0 atom stereocenters. The Labute approximate surface area is 201 Å². The molecular formula is C24H26FN9O. The number of carbonyl (C=O) groups is 1. The van der Waals surface area contributed by atoms with E-state index in [2.05, 4.69) is 37.5 Å². The zero-order valence-corrected chi connectivity index (χ0v) is 19.8. The number of nitriles is 1. The van der Waals surface area contributed by atoms with E-state index in [9.17, 15) is 4.79 Å². The largest absolute Gasteiger partial charge is 0.371 e. The highest BCUT2D eigenvalue weighted by molar-refractivity contribution is 6.14. The predicted octanol–water partition coefficient (Wildman–Crippen LogP) is 2.77. The summed E-state index contributed by atoms with van der Waals surface area (Å²) in [5, 5.41) is 20.4. The molecule has 10 nitrogen and oxygen atoms in total. The van der Waals surface area contributed by atoms with Crippen molar-refractivity contribution in [3.05, 3.63) is 47.4 Å². The molecular weight excluding hydrogens is 449 g/mol. The molecule has 1 aromatic carbocycles. The first-order valence-corrected chi connectivity index (χ1v) is 11.6. The van der Waals surface area contributed by atoms with Crippen LogP contribution in [-0.4, -0.2) is 55.7 Å². The number of benzene rings is 1. The minimum Gasteiger partial charge on any atom is -0.371 e. The first kappa shape index (κ1) is 22.7. The summed E-state index contributed by atoms with van der Waals surface area (Å²) < 4.78 is 18.7. The third kappa shape index (κ3) is 4.17. The van der Waals surface area contributed by atoms with Crippen LogP contribution in [0.5, 0.6) is 0 Å². The van der Waals surface area contributed by atoms with E-state index in [0.29, 0.717) is 22.9 Å². The summed E-state index contributed by atoms with van der Waals surface area (Å²) in [5.74, 6) is -1.04. The number of amides is 1. The minimum atomic E-state index is -0.641. The van der Waals surface area contributed by atoms with Crippen LogP contribution < -0.4 is 15.5 Å². The highest BCUT2D eigenvalue weighted by Gasteiger charge is 2.26. The van der Waals surface area contributed by atoms with Gasteiger partial charge in [0.2, 0.25) is 0 Å². The van der Waals surface area contributed by atoms with Crippen molar-refractivity contribution in [2.24, 2.45) is 7.05 Å². The molecule has 0 aliphatic carbocycles. The number of aryl methyl sites for hydroxylation is 2. The second-order valence-electron chi connectivity index (χ2n) is 8.77. The van der Waals surface area contributed by atoms with Gasteiger partial charge in [0.15, 0.2) is 17.2 Å². The maximum absolute atomic E-state index is 15.4. The molecule has 1 fully saturated rings. The first-order valence-electron chi connectivity index (χ1n) is 11.6. The van der Waals surface area contributed by atoms with Crippen LogP contribution in [0.1, 0.15) is 41.5 Å².